The first kappa shape index (κ1) is 33.8. The highest BCUT2D eigenvalue weighted by Gasteiger charge is 2.39. The monoisotopic (exact) mass is 702 g/mol. The van der Waals surface area contributed by atoms with Crippen molar-refractivity contribution in [3.05, 3.63) is 88.5 Å². The SMILES string of the molecule is O=C(Nc1nn[nH]n1)c1ccc(CN(C(=O)CNc2nc3cc(C(F)(F)F)cc(C(F)(F)F)c3s2)c2ccc(C3CCCCC3)cc2)cc1. The van der Waals surface area contributed by atoms with E-state index in [1.807, 2.05) is 24.3 Å². The average molecular weight is 703 g/mol. The van der Waals surface area contributed by atoms with Crippen LogP contribution >= 0.6 is 11.3 Å². The van der Waals surface area contributed by atoms with E-state index in [0.29, 0.717) is 40.1 Å². The Bertz CT molecular complexity index is 1920. The second kappa shape index (κ2) is 13.8. The minimum Gasteiger partial charge on any atom is -0.352 e. The normalized spacial score (nSPS) is 14.2. The van der Waals surface area contributed by atoms with Gasteiger partial charge < -0.3 is 10.2 Å². The number of hydrogen-bond acceptors (Lipinski definition) is 8. The van der Waals surface area contributed by atoms with E-state index in [4.69, 9.17) is 0 Å². The summed E-state index contributed by atoms with van der Waals surface area (Å²) in [4.78, 5) is 31.7. The number of tetrazole rings is 1. The topological polar surface area (TPSA) is 129 Å². The summed E-state index contributed by atoms with van der Waals surface area (Å²) in [6, 6.07) is 14.7. The molecule has 3 N–H and O–H groups in total. The van der Waals surface area contributed by atoms with Gasteiger partial charge in [0.25, 0.3) is 11.9 Å². The second-order valence-electron chi connectivity index (χ2n) is 11.5. The Morgan fingerprint density at radius 1 is 0.918 bits per heavy atom. The van der Waals surface area contributed by atoms with Crippen molar-refractivity contribution < 1.29 is 35.9 Å². The maximum absolute atomic E-state index is 13.7. The Morgan fingerprint density at radius 3 is 2.27 bits per heavy atom. The van der Waals surface area contributed by atoms with Crippen LogP contribution in [0.25, 0.3) is 10.2 Å². The molecule has 1 fully saturated rings. The molecule has 2 amide bonds. The Kier molecular flexibility index (Phi) is 9.54. The first-order chi connectivity index (χ1) is 23.3. The van der Waals surface area contributed by atoms with Gasteiger partial charge in [0.15, 0.2) is 5.13 Å². The molecule has 0 spiro atoms. The molecule has 17 heteroatoms. The van der Waals surface area contributed by atoms with E-state index in [0.717, 1.165) is 25.7 Å². The van der Waals surface area contributed by atoms with Crippen molar-refractivity contribution in [1.29, 1.82) is 0 Å². The molecule has 3 aromatic carbocycles. The van der Waals surface area contributed by atoms with Crippen LogP contribution in [0.2, 0.25) is 0 Å². The number of aromatic amines is 1. The van der Waals surface area contributed by atoms with Crippen LogP contribution in [-0.2, 0) is 23.7 Å². The number of thiazole rings is 1. The largest absolute Gasteiger partial charge is 0.417 e. The molecule has 1 saturated carbocycles. The zero-order valence-electron chi connectivity index (χ0n) is 25.5. The zero-order chi connectivity index (χ0) is 34.8. The van der Waals surface area contributed by atoms with E-state index in [-0.39, 0.29) is 23.7 Å². The van der Waals surface area contributed by atoms with Crippen LogP contribution < -0.4 is 15.5 Å². The molecule has 0 saturated heterocycles. The Hall–Kier alpha value is -5.06. The number of H-pyrrole nitrogens is 1. The average Bonchev–Trinajstić information content (AvgIpc) is 3.75. The third kappa shape index (κ3) is 7.98. The second-order valence-corrected chi connectivity index (χ2v) is 12.5. The fourth-order valence-corrected chi connectivity index (χ4v) is 6.72. The van der Waals surface area contributed by atoms with Crippen LogP contribution in [0, 0.1) is 0 Å². The predicted molar refractivity (Wildman–Crippen MR) is 170 cm³/mol. The Morgan fingerprint density at radius 2 is 1.63 bits per heavy atom. The van der Waals surface area contributed by atoms with Crippen molar-refractivity contribution in [2.75, 3.05) is 22.1 Å². The maximum Gasteiger partial charge on any atom is 0.417 e. The molecule has 5 aromatic rings. The summed E-state index contributed by atoms with van der Waals surface area (Å²) in [5, 5.41) is 18.0. The van der Waals surface area contributed by atoms with Gasteiger partial charge in [-0.2, -0.15) is 31.6 Å². The van der Waals surface area contributed by atoms with Gasteiger partial charge in [0, 0.05) is 11.3 Å². The number of nitrogens with zero attached hydrogens (tertiary/aromatic N) is 5. The van der Waals surface area contributed by atoms with E-state index in [1.165, 1.54) is 16.9 Å². The summed E-state index contributed by atoms with van der Waals surface area (Å²) in [5.41, 5.74) is -0.726. The molecule has 0 atom stereocenters. The zero-order valence-corrected chi connectivity index (χ0v) is 26.3. The standard InChI is InChI=1S/C32H28F6N8O2S/c33-31(34,35)22-14-24(32(36,37)38)27-25(15-22)40-30(49-27)39-16-26(47)46(23-12-10-20(11-13-23)19-4-2-1-3-5-19)17-18-6-8-21(9-7-18)28(48)41-29-42-44-45-43-29/h6-15,19H,1-5,16-17H2,(H,39,40)(H2,41,42,43,44,45,48). The Labute approximate surface area is 278 Å². The smallest absolute Gasteiger partial charge is 0.352 e. The summed E-state index contributed by atoms with van der Waals surface area (Å²) in [6.07, 6.45) is -4.38. The first-order valence-electron chi connectivity index (χ1n) is 15.2. The van der Waals surface area contributed by atoms with Crippen LogP contribution in [0.5, 0.6) is 0 Å². The van der Waals surface area contributed by atoms with Gasteiger partial charge in [0.1, 0.15) is 0 Å². The lowest BCUT2D eigenvalue weighted by atomic mass is 9.84. The highest BCUT2D eigenvalue weighted by molar-refractivity contribution is 7.22. The molecule has 1 aliphatic carbocycles. The molecule has 2 aromatic heterocycles. The molecular formula is C32H28F6N8O2S. The number of amides is 2. The van der Waals surface area contributed by atoms with Gasteiger partial charge in [-0.1, -0.05) is 60.0 Å². The van der Waals surface area contributed by atoms with Gasteiger partial charge in [-0.05, 0) is 71.5 Å². The molecule has 2 heterocycles. The minimum absolute atomic E-state index is 0.00132. The number of alkyl halides is 6. The molecule has 10 nitrogen and oxygen atoms in total. The minimum atomic E-state index is -5.05. The van der Waals surface area contributed by atoms with Crippen LogP contribution in [0.15, 0.2) is 60.7 Å². The van der Waals surface area contributed by atoms with Gasteiger partial charge >= 0.3 is 12.4 Å². The lowest BCUT2D eigenvalue weighted by molar-refractivity contribution is -0.142. The van der Waals surface area contributed by atoms with Crippen molar-refractivity contribution in [2.45, 2.75) is 56.9 Å². The summed E-state index contributed by atoms with van der Waals surface area (Å²) >= 11 is 0.514. The van der Waals surface area contributed by atoms with E-state index in [1.54, 1.807) is 24.3 Å². The molecule has 0 aliphatic heterocycles. The van der Waals surface area contributed by atoms with Gasteiger partial charge in [-0.15, -0.1) is 5.10 Å². The molecular weight excluding hydrogens is 674 g/mol. The fourth-order valence-electron chi connectivity index (χ4n) is 5.75. The lowest BCUT2D eigenvalue weighted by Crippen LogP contribution is -2.35. The molecule has 0 radical (unpaired) electrons. The number of benzene rings is 3. The van der Waals surface area contributed by atoms with Gasteiger partial charge in [-0.25, -0.2) is 4.98 Å². The van der Waals surface area contributed by atoms with Crippen LogP contribution in [0.4, 0.5) is 43.1 Å². The number of anilines is 3. The summed E-state index contributed by atoms with van der Waals surface area (Å²) < 4.78 is 80.7. The lowest BCUT2D eigenvalue weighted by Gasteiger charge is -2.25. The van der Waals surface area contributed by atoms with Crippen molar-refractivity contribution in [3.63, 3.8) is 0 Å². The maximum atomic E-state index is 13.7. The van der Waals surface area contributed by atoms with Crippen molar-refractivity contribution in [2.24, 2.45) is 0 Å². The van der Waals surface area contributed by atoms with E-state index in [9.17, 15) is 35.9 Å². The number of fused-ring (bicyclic) bond motifs is 1. The van der Waals surface area contributed by atoms with Gasteiger partial charge in [0.2, 0.25) is 5.91 Å². The molecule has 256 valence electrons. The third-order valence-corrected chi connectivity index (χ3v) is 9.29. The summed E-state index contributed by atoms with van der Waals surface area (Å²) in [5.74, 6) is -0.525. The predicted octanol–water partition coefficient (Wildman–Crippen LogP) is 7.79. The molecule has 0 unspecified atom stereocenters. The van der Waals surface area contributed by atoms with E-state index in [2.05, 4.69) is 36.2 Å². The Balaban J connectivity index is 1.23. The van der Waals surface area contributed by atoms with E-state index >= 15 is 0 Å². The summed E-state index contributed by atoms with van der Waals surface area (Å²) in [6.45, 7) is -0.341. The van der Waals surface area contributed by atoms with Crippen LogP contribution in [-0.4, -0.2) is 44.0 Å². The number of hydrogen-bond donors (Lipinski definition) is 3. The molecule has 49 heavy (non-hydrogen) atoms. The molecule has 1 aliphatic rings. The quantitative estimate of drug-likeness (QED) is 0.134. The highest BCUT2D eigenvalue weighted by atomic mass is 32.1. The highest BCUT2D eigenvalue weighted by Crippen LogP contribution is 2.43. The van der Waals surface area contributed by atoms with Crippen molar-refractivity contribution in [1.82, 2.24) is 25.6 Å². The number of carbonyl (C=O) groups is 2. The number of halogens is 6. The number of aromatic nitrogens is 5. The fraction of sp³-hybridized carbons (Fsp3) is 0.312. The number of nitrogens with one attached hydrogen (secondary N) is 3. The van der Waals surface area contributed by atoms with Crippen molar-refractivity contribution in [3.8, 4) is 0 Å². The van der Waals surface area contributed by atoms with Gasteiger partial charge in [0.05, 0.1) is 34.4 Å². The molecule has 6 rings (SSSR count). The van der Waals surface area contributed by atoms with Crippen LogP contribution in [0.1, 0.15) is 70.6 Å². The third-order valence-electron chi connectivity index (χ3n) is 8.22. The summed E-state index contributed by atoms with van der Waals surface area (Å²) in [7, 11) is 0. The van der Waals surface area contributed by atoms with Gasteiger partial charge in [-0.3, -0.25) is 14.9 Å². The van der Waals surface area contributed by atoms with E-state index < -0.39 is 52.1 Å². The first-order valence-corrected chi connectivity index (χ1v) is 16.0. The van der Waals surface area contributed by atoms with Crippen molar-refractivity contribution >= 4 is 50.1 Å². The molecule has 0 bridgehead atoms. The number of rotatable bonds is 9. The number of carbonyl (C=O) groups excluding carboxylic acids is 2. The van der Waals surface area contributed by atoms with Crippen LogP contribution in [0.3, 0.4) is 0 Å².